The molecule has 1 amide bonds. The molecule has 6 nitrogen and oxygen atoms in total. The highest BCUT2D eigenvalue weighted by Gasteiger charge is 2.45. The molecule has 3 unspecified atom stereocenters. The molecule has 2 aliphatic rings. The molecule has 1 N–H and O–H groups in total. The fourth-order valence-electron chi connectivity index (χ4n) is 5.86. The van der Waals surface area contributed by atoms with Crippen LogP contribution in [0.2, 0.25) is 5.02 Å². The van der Waals surface area contributed by atoms with Crippen molar-refractivity contribution in [2.45, 2.75) is 18.4 Å². The molecule has 7 heteroatoms. The Kier molecular flexibility index (Phi) is 7.25. The lowest BCUT2D eigenvalue weighted by Crippen LogP contribution is -2.42. The molecule has 0 bridgehead atoms. The van der Waals surface area contributed by atoms with E-state index < -0.39 is 12.0 Å². The number of methoxy groups -OCH3 is 2. The Bertz CT molecular complexity index is 1630. The molecule has 0 fully saturated rings. The first-order valence-electron chi connectivity index (χ1n) is 13.4. The third-order valence-corrected chi connectivity index (χ3v) is 8.06. The minimum Gasteiger partial charge on any atom is -0.493 e. The van der Waals surface area contributed by atoms with Gasteiger partial charge in [-0.25, -0.2) is 0 Å². The monoisotopic (exact) mass is 564 g/mol. The van der Waals surface area contributed by atoms with Crippen molar-refractivity contribution in [2.75, 3.05) is 24.4 Å². The number of allylic oxidation sites excluding steroid dienone is 1. The first-order valence-corrected chi connectivity index (χ1v) is 13.8. The molecular weight excluding hydrogens is 536 g/mol. The van der Waals surface area contributed by atoms with Crippen LogP contribution >= 0.6 is 11.6 Å². The van der Waals surface area contributed by atoms with Crippen LogP contribution in [0, 0.1) is 5.92 Å². The molecule has 1 aliphatic carbocycles. The van der Waals surface area contributed by atoms with Gasteiger partial charge in [0, 0.05) is 28.6 Å². The smallest absolute Gasteiger partial charge is 0.258 e. The van der Waals surface area contributed by atoms with Crippen molar-refractivity contribution in [3.05, 3.63) is 131 Å². The number of nitrogens with one attached hydrogen (secondary N) is 1. The largest absolute Gasteiger partial charge is 0.493 e. The van der Waals surface area contributed by atoms with Gasteiger partial charge in [-0.1, -0.05) is 66.2 Å². The molecule has 6 rings (SSSR count). The van der Waals surface area contributed by atoms with Gasteiger partial charge in [0.05, 0.1) is 37.6 Å². The Hall–Kier alpha value is -4.55. The van der Waals surface area contributed by atoms with E-state index in [1.54, 1.807) is 43.4 Å². The number of fused-ring (bicyclic) bond motifs is 2. The van der Waals surface area contributed by atoms with Crippen molar-refractivity contribution in [1.82, 2.24) is 0 Å². The van der Waals surface area contributed by atoms with Gasteiger partial charge in [-0.05, 0) is 59.7 Å². The predicted octanol–water partition coefficient (Wildman–Crippen LogP) is 7.43. The van der Waals surface area contributed by atoms with Crippen LogP contribution < -0.4 is 19.7 Å². The summed E-state index contributed by atoms with van der Waals surface area (Å²) in [6.07, 6.45) is 2.39. The summed E-state index contributed by atoms with van der Waals surface area (Å²) in [5, 5.41) is 4.14. The Morgan fingerprint density at radius 3 is 2.27 bits per heavy atom. The van der Waals surface area contributed by atoms with Gasteiger partial charge < -0.3 is 14.8 Å². The minimum atomic E-state index is -0.618. The maximum atomic E-state index is 14.3. The lowest BCUT2D eigenvalue weighted by molar-refractivity contribution is -0.123. The number of carbonyl (C=O) groups excluding carboxylic acids is 2. The van der Waals surface area contributed by atoms with Crippen LogP contribution in [-0.4, -0.2) is 25.9 Å². The molecule has 1 aliphatic heterocycles. The molecule has 3 atom stereocenters. The number of anilines is 2. The minimum absolute atomic E-state index is 0.0356. The third-order valence-electron chi connectivity index (χ3n) is 7.81. The Balaban J connectivity index is 1.53. The number of benzene rings is 4. The fraction of sp³-hybridized carbons (Fsp3) is 0.176. The van der Waals surface area contributed by atoms with Crippen molar-refractivity contribution in [1.29, 1.82) is 0 Å². The van der Waals surface area contributed by atoms with Crippen LogP contribution in [0.3, 0.4) is 0 Å². The van der Waals surface area contributed by atoms with Crippen LogP contribution in [-0.2, 0) is 4.79 Å². The van der Waals surface area contributed by atoms with E-state index in [9.17, 15) is 9.59 Å². The summed E-state index contributed by atoms with van der Waals surface area (Å²) in [6.45, 7) is 0. The highest BCUT2D eigenvalue weighted by Crippen LogP contribution is 2.48. The summed E-state index contributed by atoms with van der Waals surface area (Å²) < 4.78 is 11.0. The highest BCUT2D eigenvalue weighted by atomic mass is 35.5. The van der Waals surface area contributed by atoms with E-state index in [0.29, 0.717) is 27.8 Å². The summed E-state index contributed by atoms with van der Waals surface area (Å²) >= 11 is 6.27. The summed E-state index contributed by atoms with van der Waals surface area (Å²) in [5.74, 6) is 0.284. The number of carbonyl (C=O) groups is 2. The van der Waals surface area contributed by atoms with Crippen LogP contribution in [0.5, 0.6) is 11.5 Å². The zero-order chi connectivity index (χ0) is 28.5. The van der Waals surface area contributed by atoms with Crippen molar-refractivity contribution in [3.8, 4) is 11.5 Å². The number of nitrogens with zero attached hydrogens (tertiary/aromatic N) is 1. The van der Waals surface area contributed by atoms with Gasteiger partial charge in [-0.2, -0.15) is 0 Å². The van der Waals surface area contributed by atoms with Gasteiger partial charge in [0.1, 0.15) is 5.78 Å². The summed E-state index contributed by atoms with van der Waals surface area (Å²) in [4.78, 5) is 30.3. The number of amides is 1. The molecule has 4 aromatic carbocycles. The van der Waals surface area contributed by atoms with E-state index in [4.69, 9.17) is 21.1 Å². The van der Waals surface area contributed by atoms with E-state index in [1.807, 2.05) is 72.8 Å². The number of hydrogen-bond donors (Lipinski definition) is 1. The SMILES string of the molecule is COc1ccc(C2C=C3Nc4ccccc4N(C(=O)c4ccccc4)C(c4ccc(Cl)cc4)C3C(=O)C2)cc1OC. The second-order valence-corrected chi connectivity index (χ2v) is 10.6. The number of hydrogen-bond acceptors (Lipinski definition) is 5. The summed E-state index contributed by atoms with van der Waals surface area (Å²) in [6, 6.07) is 29.4. The van der Waals surface area contributed by atoms with E-state index in [-0.39, 0.29) is 24.0 Å². The maximum Gasteiger partial charge on any atom is 0.258 e. The van der Waals surface area contributed by atoms with Crippen molar-refractivity contribution < 1.29 is 19.1 Å². The zero-order valence-corrected chi connectivity index (χ0v) is 23.5. The second kappa shape index (κ2) is 11.1. The lowest BCUT2D eigenvalue weighted by atomic mass is 9.76. The maximum absolute atomic E-state index is 14.3. The van der Waals surface area contributed by atoms with E-state index in [1.165, 1.54) is 0 Å². The van der Waals surface area contributed by atoms with E-state index >= 15 is 0 Å². The van der Waals surface area contributed by atoms with Gasteiger partial charge in [0.15, 0.2) is 11.5 Å². The summed E-state index contributed by atoms with van der Waals surface area (Å²) in [7, 11) is 3.20. The number of Topliss-reactive ketones (excluding diaryl/α,β-unsaturated/α-hetero) is 1. The molecule has 0 spiro atoms. The van der Waals surface area contributed by atoms with Crippen molar-refractivity contribution in [3.63, 3.8) is 0 Å². The lowest BCUT2D eigenvalue weighted by Gasteiger charge is -2.37. The Morgan fingerprint density at radius 1 is 0.854 bits per heavy atom. The number of para-hydroxylation sites is 2. The van der Waals surface area contributed by atoms with Crippen LogP contribution in [0.25, 0.3) is 0 Å². The molecule has 0 saturated heterocycles. The molecule has 4 aromatic rings. The average molecular weight is 565 g/mol. The van der Waals surface area contributed by atoms with Crippen LogP contribution in [0.4, 0.5) is 11.4 Å². The van der Waals surface area contributed by atoms with Gasteiger partial charge >= 0.3 is 0 Å². The number of ketones is 1. The quantitative estimate of drug-likeness (QED) is 0.273. The average Bonchev–Trinajstić information content (AvgIpc) is 3.16. The fourth-order valence-corrected chi connectivity index (χ4v) is 5.99. The number of ether oxygens (including phenoxy) is 2. The molecule has 206 valence electrons. The molecule has 0 saturated carbocycles. The highest BCUT2D eigenvalue weighted by molar-refractivity contribution is 6.30. The number of rotatable bonds is 5. The molecule has 0 radical (unpaired) electrons. The van der Waals surface area contributed by atoms with Gasteiger partial charge in [0.2, 0.25) is 0 Å². The third kappa shape index (κ3) is 4.96. The normalized spacial score (nSPS) is 19.7. The first-order chi connectivity index (χ1) is 20.0. The Morgan fingerprint density at radius 2 is 1.54 bits per heavy atom. The Labute approximate surface area is 244 Å². The van der Waals surface area contributed by atoms with Crippen LogP contribution in [0.1, 0.15) is 39.9 Å². The van der Waals surface area contributed by atoms with Crippen LogP contribution in [0.15, 0.2) is 109 Å². The molecule has 0 aromatic heterocycles. The van der Waals surface area contributed by atoms with Gasteiger partial charge in [-0.15, -0.1) is 0 Å². The summed E-state index contributed by atoms with van der Waals surface area (Å²) in [5.41, 5.74) is 4.53. The van der Waals surface area contributed by atoms with Gasteiger partial charge in [-0.3, -0.25) is 14.5 Å². The second-order valence-electron chi connectivity index (χ2n) is 10.2. The predicted molar refractivity (Wildman–Crippen MR) is 161 cm³/mol. The number of halogens is 1. The topological polar surface area (TPSA) is 67.9 Å². The molecule has 1 heterocycles. The van der Waals surface area contributed by atoms with E-state index in [2.05, 4.69) is 11.4 Å². The molecule has 41 heavy (non-hydrogen) atoms. The molecular formula is C34H29ClN2O4. The first kappa shape index (κ1) is 26.7. The zero-order valence-electron chi connectivity index (χ0n) is 22.7. The van der Waals surface area contributed by atoms with Crippen molar-refractivity contribution >= 4 is 34.7 Å². The van der Waals surface area contributed by atoms with Crippen molar-refractivity contribution in [2.24, 2.45) is 5.92 Å². The van der Waals surface area contributed by atoms with Gasteiger partial charge in [0.25, 0.3) is 5.91 Å². The van der Waals surface area contributed by atoms with E-state index in [0.717, 1.165) is 22.5 Å². The standard InChI is InChI=1S/C34H29ClN2O4/c1-40-30-17-14-23(20-31(30)41-2)24-18-27-32(29(38)19-24)33(21-12-15-25(35)16-13-21)37(28-11-7-6-10-26(28)36-27)34(39)22-8-4-3-5-9-22/h3-18,20,24,32-33,36H,19H2,1-2H3.